The zero-order valence-corrected chi connectivity index (χ0v) is 22.7. The topological polar surface area (TPSA) is 270 Å². The standard InChI is InChI=1S/C21H26N10O4.C4H4O4/c1-2-31-28-18(27-29-31)16-14(33)15(34)20(35-16)30-10-23-13-17(22)25-21(26-19(13)30)24-12(9-32)8-11-6-4-3-5-7-11;5-3(6)1-2-4(7)8/h3-7,10,12,14-16,20,32-34H,2,8-9H2,1H3,(H3,22,24,25,26);1-2H,(H,5,6)(H,7,8)/b;2-1-/t12-,14-,15+,16-,20+;/m0./s1. The molecule has 1 aliphatic heterocycles. The number of ether oxygens (including phenoxy) is 1. The van der Waals surface area contributed by atoms with Crippen molar-refractivity contribution in [2.24, 2.45) is 0 Å². The minimum absolute atomic E-state index is 0.116. The average molecular weight is 599 g/mol. The van der Waals surface area contributed by atoms with Crippen molar-refractivity contribution in [3.63, 3.8) is 0 Å². The molecule has 4 heterocycles. The van der Waals surface area contributed by atoms with Crippen molar-refractivity contribution in [2.45, 2.75) is 50.5 Å². The number of aliphatic carboxylic acids is 2. The van der Waals surface area contributed by atoms with Crippen LogP contribution >= 0.6 is 0 Å². The summed E-state index contributed by atoms with van der Waals surface area (Å²) in [5, 5.41) is 61.9. The van der Waals surface area contributed by atoms with E-state index in [4.69, 9.17) is 20.7 Å². The van der Waals surface area contributed by atoms with Crippen LogP contribution in [-0.2, 0) is 27.3 Å². The Kier molecular flexibility index (Phi) is 9.88. The summed E-state index contributed by atoms with van der Waals surface area (Å²) in [5.74, 6) is -2.05. The molecule has 1 aromatic carbocycles. The molecule has 4 aromatic rings. The van der Waals surface area contributed by atoms with Crippen LogP contribution in [0.4, 0.5) is 11.8 Å². The van der Waals surface area contributed by atoms with Gasteiger partial charge < -0.3 is 41.3 Å². The highest BCUT2D eigenvalue weighted by molar-refractivity contribution is 5.89. The highest BCUT2D eigenvalue weighted by Crippen LogP contribution is 2.38. The van der Waals surface area contributed by atoms with Crippen LogP contribution in [0.1, 0.15) is 30.6 Å². The number of tetrazole rings is 1. The molecule has 3 aromatic heterocycles. The van der Waals surface area contributed by atoms with E-state index in [0.29, 0.717) is 36.3 Å². The number of carboxylic acid groups (broad SMARTS) is 2. The summed E-state index contributed by atoms with van der Waals surface area (Å²) in [7, 11) is 0. The van der Waals surface area contributed by atoms with Crippen LogP contribution < -0.4 is 11.1 Å². The van der Waals surface area contributed by atoms with Crippen LogP contribution in [0.15, 0.2) is 48.8 Å². The van der Waals surface area contributed by atoms with E-state index >= 15 is 0 Å². The number of carbonyl (C=O) groups is 2. The van der Waals surface area contributed by atoms with Gasteiger partial charge in [-0.2, -0.15) is 14.8 Å². The smallest absolute Gasteiger partial charge is 0.328 e. The van der Waals surface area contributed by atoms with E-state index in [2.05, 4.69) is 35.7 Å². The van der Waals surface area contributed by atoms with Crippen molar-refractivity contribution in [3.8, 4) is 0 Å². The van der Waals surface area contributed by atoms with Gasteiger partial charge in [-0.25, -0.2) is 14.6 Å². The van der Waals surface area contributed by atoms with Crippen molar-refractivity contribution >= 4 is 34.9 Å². The fourth-order valence-electron chi connectivity index (χ4n) is 4.18. The first-order chi connectivity index (χ1) is 20.6. The third-order valence-corrected chi connectivity index (χ3v) is 6.21. The number of nitrogens with one attached hydrogen (secondary N) is 1. The summed E-state index contributed by atoms with van der Waals surface area (Å²) in [6.07, 6.45) is -1.57. The van der Waals surface area contributed by atoms with Gasteiger partial charge in [-0.3, -0.25) is 4.57 Å². The molecule has 0 amide bonds. The number of nitrogens with zero attached hydrogens (tertiary/aromatic N) is 8. The van der Waals surface area contributed by atoms with Crippen LogP contribution in [0.25, 0.3) is 11.2 Å². The number of benzene rings is 1. The van der Waals surface area contributed by atoms with Gasteiger partial charge in [-0.05, 0) is 24.1 Å². The first-order valence-corrected chi connectivity index (χ1v) is 13.0. The van der Waals surface area contributed by atoms with Crippen molar-refractivity contribution in [1.29, 1.82) is 0 Å². The molecule has 1 saturated heterocycles. The van der Waals surface area contributed by atoms with Gasteiger partial charge in [0.1, 0.15) is 17.7 Å². The van der Waals surface area contributed by atoms with E-state index in [0.717, 1.165) is 5.56 Å². The van der Waals surface area contributed by atoms with Gasteiger partial charge in [0.05, 0.1) is 25.5 Å². The summed E-state index contributed by atoms with van der Waals surface area (Å²) in [5.41, 5.74) is 7.76. The molecule has 0 aliphatic carbocycles. The molecule has 8 N–H and O–H groups in total. The maximum Gasteiger partial charge on any atom is 0.328 e. The predicted molar refractivity (Wildman–Crippen MR) is 147 cm³/mol. The largest absolute Gasteiger partial charge is 0.478 e. The van der Waals surface area contributed by atoms with Gasteiger partial charge in [-0.15, -0.1) is 10.2 Å². The van der Waals surface area contributed by atoms with Crippen molar-refractivity contribution in [3.05, 3.63) is 60.2 Å². The maximum absolute atomic E-state index is 10.7. The number of rotatable bonds is 10. The Morgan fingerprint density at radius 1 is 1.12 bits per heavy atom. The summed E-state index contributed by atoms with van der Waals surface area (Å²) in [6, 6.07) is 9.34. The number of aryl methyl sites for hydroxylation is 1. The first-order valence-electron chi connectivity index (χ1n) is 13.0. The summed E-state index contributed by atoms with van der Waals surface area (Å²) >= 11 is 0. The highest BCUT2D eigenvalue weighted by Gasteiger charge is 2.47. The van der Waals surface area contributed by atoms with E-state index in [-0.39, 0.29) is 30.2 Å². The Hall–Kier alpha value is -5.04. The van der Waals surface area contributed by atoms with E-state index in [9.17, 15) is 24.9 Å². The molecule has 5 atom stereocenters. The number of aromatic nitrogens is 8. The van der Waals surface area contributed by atoms with E-state index in [1.54, 1.807) is 0 Å². The van der Waals surface area contributed by atoms with Crippen LogP contribution in [-0.4, -0.2) is 102 Å². The second-order valence-electron chi connectivity index (χ2n) is 9.24. The molecule has 0 unspecified atom stereocenters. The second-order valence-corrected chi connectivity index (χ2v) is 9.24. The molecule has 0 bridgehead atoms. The SMILES string of the molecule is CCn1nnc([C@H]2O[C@@H](n3cnc4c(N)nc(N[C@H](CO)Cc5ccccc5)nc43)[C@H](O)[C@@H]2O)n1.O=C(O)/C=C\C(=O)O. The second kappa shape index (κ2) is 13.7. The average Bonchev–Trinajstić information content (AvgIpc) is 3.71. The lowest BCUT2D eigenvalue weighted by Crippen LogP contribution is -2.29. The molecular formula is C25H30N10O8. The number of hydrogen-bond acceptors (Lipinski definition) is 14. The Morgan fingerprint density at radius 3 is 2.42 bits per heavy atom. The number of nitrogen functional groups attached to an aromatic ring is 1. The number of nitrogens with two attached hydrogens (primary N) is 1. The number of fused-ring (bicyclic) bond motifs is 1. The minimum Gasteiger partial charge on any atom is -0.478 e. The normalized spacial score (nSPS) is 20.6. The Morgan fingerprint density at radius 2 is 1.81 bits per heavy atom. The zero-order chi connectivity index (χ0) is 31.1. The van der Waals surface area contributed by atoms with Gasteiger partial charge in [0.25, 0.3) is 0 Å². The third-order valence-electron chi connectivity index (χ3n) is 6.21. The summed E-state index contributed by atoms with van der Waals surface area (Å²) < 4.78 is 7.40. The van der Waals surface area contributed by atoms with Gasteiger partial charge >= 0.3 is 11.9 Å². The van der Waals surface area contributed by atoms with Gasteiger partial charge in [-0.1, -0.05) is 30.3 Å². The molecule has 5 rings (SSSR count). The lowest BCUT2D eigenvalue weighted by molar-refractivity contribution is -0.134. The zero-order valence-electron chi connectivity index (χ0n) is 22.7. The molecule has 1 aliphatic rings. The Labute approximate surface area is 243 Å². The quantitative estimate of drug-likeness (QED) is 0.109. The fraction of sp³-hybridized carbons (Fsp3) is 0.360. The number of hydrogen-bond donors (Lipinski definition) is 7. The van der Waals surface area contributed by atoms with Gasteiger partial charge in [0.15, 0.2) is 23.8 Å². The Balaban J connectivity index is 0.000000467. The molecule has 43 heavy (non-hydrogen) atoms. The minimum atomic E-state index is -1.32. The molecule has 228 valence electrons. The third kappa shape index (κ3) is 7.43. The lowest BCUT2D eigenvalue weighted by atomic mass is 10.1. The van der Waals surface area contributed by atoms with Crippen molar-refractivity contribution in [2.75, 3.05) is 17.7 Å². The van der Waals surface area contributed by atoms with E-state index < -0.39 is 36.5 Å². The lowest BCUT2D eigenvalue weighted by Gasteiger charge is -2.18. The fourth-order valence-corrected chi connectivity index (χ4v) is 4.18. The van der Waals surface area contributed by atoms with Crippen LogP contribution in [0, 0.1) is 0 Å². The summed E-state index contributed by atoms with van der Waals surface area (Å²) in [4.78, 5) is 33.5. The molecule has 1 fully saturated rings. The number of imidazole rings is 1. The first kappa shape index (κ1) is 30.9. The Bertz CT molecular complexity index is 1560. The monoisotopic (exact) mass is 598 g/mol. The number of aliphatic hydroxyl groups is 3. The number of anilines is 2. The molecular weight excluding hydrogens is 568 g/mol. The molecule has 0 saturated carbocycles. The van der Waals surface area contributed by atoms with Crippen molar-refractivity contribution < 1.29 is 39.9 Å². The maximum atomic E-state index is 10.7. The molecule has 18 heteroatoms. The van der Waals surface area contributed by atoms with Gasteiger partial charge in [0, 0.05) is 12.2 Å². The predicted octanol–water partition coefficient (Wildman–Crippen LogP) is -0.866. The summed E-state index contributed by atoms with van der Waals surface area (Å²) in [6.45, 7) is 2.20. The van der Waals surface area contributed by atoms with Gasteiger partial charge in [0.2, 0.25) is 11.8 Å². The van der Waals surface area contributed by atoms with E-state index in [1.165, 1.54) is 15.7 Å². The van der Waals surface area contributed by atoms with Crippen LogP contribution in [0.3, 0.4) is 0 Å². The van der Waals surface area contributed by atoms with E-state index in [1.807, 2.05) is 37.3 Å². The number of aliphatic hydroxyl groups excluding tert-OH is 3. The van der Waals surface area contributed by atoms with Crippen LogP contribution in [0.5, 0.6) is 0 Å². The van der Waals surface area contributed by atoms with Crippen LogP contribution in [0.2, 0.25) is 0 Å². The van der Waals surface area contributed by atoms with Crippen molar-refractivity contribution in [1.82, 2.24) is 39.7 Å². The molecule has 0 spiro atoms. The molecule has 0 radical (unpaired) electrons. The molecule has 18 nitrogen and oxygen atoms in total. The number of carboxylic acids is 2. The highest BCUT2D eigenvalue weighted by atomic mass is 16.6.